The van der Waals surface area contributed by atoms with Crippen LogP contribution in [0.5, 0.6) is 0 Å². The molecule has 1 unspecified atom stereocenters. The number of fused-ring (bicyclic) bond motifs is 1. The molecule has 0 saturated carbocycles. The first-order valence-corrected chi connectivity index (χ1v) is 5.36. The topological polar surface area (TPSA) is 69.0 Å². The van der Waals surface area contributed by atoms with Crippen LogP contribution in [0.25, 0.3) is 20.5 Å². The van der Waals surface area contributed by atoms with E-state index in [2.05, 4.69) is 10.0 Å². The molecular formula is C10H9N3OS. The summed E-state index contributed by atoms with van der Waals surface area (Å²) in [6.07, 6.45) is 0. The minimum atomic E-state index is -0.480. The second kappa shape index (κ2) is 4.31. The van der Waals surface area contributed by atoms with Gasteiger partial charge < -0.3 is 5.11 Å². The van der Waals surface area contributed by atoms with Crippen LogP contribution in [0.4, 0.5) is 0 Å². The number of benzene rings is 1. The minimum absolute atomic E-state index is 0.162. The molecule has 0 bridgehead atoms. The number of aliphatic hydroxyl groups excluding tert-OH is 1. The van der Waals surface area contributed by atoms with E-state index in [1.165, 1.54) is 0 Å². The van der Waals surface area contributed by atoms with Gasteiger partial charge in [0.1, 0.15) is 0 Å². The Morgan fingerprint density at radius 3 is 3.00 bits per heavy atom. The Bertz CT molecular complexity index is 516. The summed E-state index contributed by atoms with van der Waals surface area (Å²) >= 11 is 1.59. The van der Waals surface area contributed by atoms with E-state index in [-0.39, 0.29) is 6.61 Å². The van der Waals surface area contributed by atoms with Gasteiger partial charge in [-0.2, -0.15) is 0 Å². The maximum Gasteiger partial charge on any atom is 0.0870 e. The number of hydrogen-bond acceptors (Lipinski definition) is 3. The summed E-state index contributed by atoms with van der Waals surface area (Å²) in [6.45, 7) is -0.162. The van der Waals surface area contributed by atoms with Gasteiger partial charge in [-0.15, -0.1) is 11.3 Å². The van der Waals surface area contributed by atoms with E-state index < -0.39 is 6.04 Å². The highest BCUT2D eigenvalue weighted by Crippen LogP contribution is 2.31. The molecule has 4 nitrogen and oxygen atoms in total. The minimum Gasteiger partial charge on any atom is -0.396 e. The van der Waals surface area contributed by atoms with Crippen molar-refractivity contribution in [2.45, 2.75) is 6.04 Å². The second-order valence-electron chi connectivity index (χ2n) is 3.09. The van der Waals surface area contributed by atoms with Crippen molar-refractivity contribution in [2.75, 3.05) is 6.61 Å². The van der Waals surface area contributed by atoms with Crippen LogP contribution in [0, 0.1) is 0 Å². The van der Waals surface area contributed by atoms with E-state index in [9.17, 15) is 0 Å². The zero-order valence-corrected chi connectivity index (χ0v) is 8.68. The summed E-state index contributed by atoms with van der Waals surface area (Å²) in [4.78, 5) is 2.74. The highest BCUT2D eigenvalue weighted by atomic mass is 32.1. The van der Waals surface area contributed by atoms with Crippen molar-refractivity contribution in [1.82, 2.24) is 0 Å². The number of aliphatic hydroxyl groups is 1. The molecule has 0 radical (unpaired) electrons. The van der Waals surface area contributed by atoms with Crippen LogP contribution in [0.1, 0.15) is 11.6 Å². The Kier molecular flexibility index (Phi) is 2.87. The van der Waals surface area contributed by atoms with Crippen molar-refractivity contribution in [3.8, 4) is 0 Å². The average molecular weight is 219 g/mol. The molecule has 1 aromatic heterocycles. The van der Waals surface area contributed by atoms with E-state index in [0.29, 0.717) is 0 Å². The number of rotatable bonds is 3. The van der Waals surface area contributed by atoms with Crippen LogP contribution in [-0.4, -0.2) is 11.7 Å². The highest BCUT2D eigenvalue weighted by molar-refractivity contribution is 7.17. The third-order valence-electron chi connectivity index (χ3n) is 2.23. The van der Waals surface area contributed by atoms with Gasteiger partial charge in [-0.25, -0.2) is 0 Å². The van der Waals surface area contributed by atoms with E-state index in [0.717, 1.165) is 15.6 Å². The lowest BCUT2D eigenvalue weighted by atomic mass is 10.1. The maximum atomic E-state index is 9.13. The van der Waals surface area contributed by atoms with E-state index in [1.807, 2.05) is 29.6 Å². The second-order valence-corrected chi connectivity index (χ2v) is 4.00. The molecule has 0 amide bonds. The van der Waals surface area contributed by atoms with E-state index >= 15 is 0 Å². The van der Waals surface area contributed by atoms with Crippen molar-refractivity contribution < 1.29 is 5.11 Å². The molecule has 0 fully saturated rings. The van der Waals surface area contributed by atoms with Gasteiger partial charge in [0.15, 0.2) is 0 Å². The van der Waals surface area contributed by atoms with Crippen LogP contribution >= 0.6 is 11.3 Å². The Labute approximate surface area is 90.4 Å². The van der Waals surface area contributed by atoms with Crippen LogP contribution in [0.3, 0.4) is 0 Å². The van der Waals surface area contributed by atoms with Crippen molar-refractivity contribution in [1.29, 1.82) is 0 Å². The predicted molar refractivity (Wildman–Crippen MR) is 60.8 cm³/mol. The van der Waals surface area contributed by atoms with Crippen molar-refractivity contribution in [3.05, 3.63) is 45.7 Å². The van der Waals surface area contributed by atoms with Gasteiger partial charge in [0, 0.05) is 9.61 Å². The monoisotopic (exact) mass is 219 g/mol. The lowest BCUT2D eigenvalue weighted by Crippen LogP contribution is -1.98. The van der Waals surface area contributed by atoms with Crippen molar-refractivity contribution in [3.63, 3.8) is 0 Å². The molecule has 5 heteroatoms. The Hall–Kier alpha value is -1.55. The zero-order chi connectivity index (χ0) is 10.7. The summed E-state index contributed by atoms with van der Waals surface area (Å²) in [5.74, 6) is 0. The predicted octanol–water partition coefficient (Wildman–Crippen LogP) is 3.25. The molecule has 0 saturated heterocycles. The molecule has 1 aromatic carbocycles. The summed E-state index contributed by atoms with van der Waals surface area (Å²) < 4.78 is 1.14. The van der Waals surface area contributed by atoms with Gasteiger partial charge in [-0.05, 0) is 27.9 Å². The molecule has 0 aliphatic carbocycles. The van der Waals surface area contributed by atoms with E-state index in [1.54, 1.807) is 11.3 Å². The SMILES string of the molecule is [N-]=[N+]=NC(CO)c1csc2ccccc12. The van der Waals surface area contributed by atoms with Crippen LogP contribution in [0.15, 0.2) is 34.8 Å². The van der Waals surface area contributed by atoms with Gasteiger partial charge in [0.2, 0.25) is 0 Å². The van der Waals surface area contributed by atoms with Gasteiger partial charge in [0.05, 0.1) is 12.6 Å². The fraction of sp³-hybridized carbons (Fsp3) is 0.200. The molecular weight excluding hydrogens is 210 g/mol. The molecule has 1 N–H and O–H groups in total. The first-order chi connectivity index (χ1) is 7.36. The molecule has 1 heterocycles. The summed E-state index contributed by atoms with van der Waals surface area (Å²) in [6, 6.07) is 7.39. The summed E-state index contributed by atoms with van der Waals surface area (Å²) in [7, 11) is 0. The van der Waals surface area contributed by atoms with Crippen molar-refractivity contribution in [2.24, 2.45) is 5.11 Å². The molecule has 76 valence electrons. The lowest BCUT2D eigenvalue weighted by molar-refractivity contribution is 0.269. The van der Waals surface area contributed by atoms with Crippen molar-refractivity contribution >= 4 is 21.4 Å². The van der Waals surface area contributed by atoms with Gasteiger partial charge in [-0.1, -0.05) is 23.3 Å². The largest absolute Gasteiger partial charge is 0.396 e. The van der Waals surface area contributed by atoms with Crippen LogP contribution < -0.4 is 0 Å². The Morgan fingerprint density at radius 2 is 2.27 bits per heavy atom. The van der Waals surface area contributed by atoms with E-state index in [4.69, 9.17) is 10.6 Å². The molecule has 15 heavy (non-hydrogen) atoms. The first-order valence-electron chi connectivity index (χ1n) is 4.48. The zero-order valence-electron chi connectivity index (χ0n) is 7.87. The lowest BCUT2D eigenvalue weighted by Gasteiger charge is -2.05. The smallest absolute Gasteiger partial charge is 0.0870 e. The molecule has 0 aliphatic rings. The quantitative estimate of drug-likeness (QED) is 0.480. The average Bonchev–Trinajstić information content (AvgIpc) is 2.70. The molecule has 2 aromatic rings. The molecule has 1 atom stereocenters. The van der Waals surface area contributed by atoms with Gasteiger partial charge in [0.25, 0.3) is 0 Å². The third-order valence-corrected chi connectivity index (χ3v) is 3.22. The number of thiophene rings is 1. The Balaban J connectivity index is 2.55. The fourth-order valence-corrected chi connectivity index (χ4v) is 2.52. The number of hydrogen-bond donors (Lipinski definition) is 1. The normalized spacial score (nSPS) is 12.3. The molecule has 2 rings (SSSR count). The van der Waals surface area contributed by atoms with Gasteiger partial charge >= 0.3 is 0 Å². The first kappa shape index (κ1) is 9.98. The summed E-state index contributed by atoms with van der Waals surface area (Å²) in [5.41, 5.74) is 9.29. The number of nitrogens with zero attached hydrogens (tertiary/aromatic N) is 3. The standard InChI is InChI=1S/C10H9N3OS/c11-13-12-9(5-14)8-6-15-10-4-2-1-3-7(8)10/h1-4,6,9,14H,5H2. The van der Waals surface area contributed by atoms with Gasteiger partial charge in [-0.3, -0.25) is 0 Å². The molecule has 0 spiro atoms. The Morgan fingerprint density at radius 1 is 1.47 bits per heavy atom. The maximum absolute atomic E-state index is 9.13. The highest BCUT2D eigenvalue weighted by Gasteiger charge is 2.12. The fourth-order valence-electron chi connectivity index (χ4n) is 1.52. The summed E-state index contributed by atoms with van der Waals surface area (Å²) in [5, 5.41) is 15.7. The van der Waals surface area contributed by atoms with Crippen LogP contribution in [-0.2, 0) is 0 Å². The third kappa shape index (κ3) is 1.80. The number of azide groups is 1. The molecule has 0 aliphatic heterocycles. The van der Waals surface area contributed by atoms with Crippen LogP contribution in [0.2, 0.25) is 0 Å².